The molecule has 0 spiro atoms. The summed E-state index contributed by atoms with van der Waals surface area (Å²) in [6.07, 6.45) is 10.8. The monoisotopic (exact) mass is 378 g/mol. The van der Waals surface area contributed by atoms with Gasteiger partial charge in [0.15, 0.2) is 0 Å². The second-order valence-electron chi connectivity index (χ2n) is 7.36. The molecule has 1 aromatic rings. The molecule has 2 unspecified atom stereocenters. The minimum Gasteiger partial charge on any atom is -0.461 e. The third-order valence-corrected chi connectivity index (χ3v) is 6.12. The zero-order valence-electron chi connectivity index (χ0n) is 17.0. The van der Waals surface area contributed by atoms with Gasteiger partial charge < -0.3 is 4.74 Å². The standard InChI is InChI=1S/C23H38O2S/c1-4-6-13-21(12-5-2)14-10-11-17-26-19-20(3)23(24)25-18-22-15-8-7-9-16-22/h7-9,15-16,20-21H,4-6,10-14,17-19H2,1-3H3. The number of thioether (sulfide) groups is 1. The molecule has 0 bridgehead atoms. The van der Waals surface area contributed by atoms with Crippen LogP contribution in [0.2, 0.25) is 0 Å². The molecular weight excluding hydrogens is 340 g/mol. The minimum atomic E-state index is -0.0797. The van der Waals surface area contributed by atoms with Gasteiger partial charge in [-0.15, -0.1) is 0 Å². The molecule has 26 heavy (non-hydrogen) atoms. The second kappa shape index (κ2) is 15.1. The van der Waals surface area contributed by atoms with E-state index >= 15 is 0 Å². The molecule has 0 saturated carbocycles. The van der Waals surface area contributed by atoms with Crippen molar-refractivity contribution >= 4 is 17.7 Å². The Kier molecular flexibility index (Phi) is 13.4. The van der Waals surface area contributed by atoms with E-state index in [4.69, 9.17) is 4.74 Å². The molecule has 0 aromatic heterocycles. The Hall–Kier alpha value is -0.960. The third kappa shape index (κ3) is 10.9. The maximum atomic E-state index is 12.1. The maximum Gasteiger partial charge on any atom is 0.309 e. The topological polar surface area (TPSA) is 26.3 Å². The summed E-state index contributed by atoms with van der Waals surface area (Å²) in [5, 5.41) is 0. The van der Waals surface area contributed by atoms with Crippen LogP contribution < -0.4 is 0 Å². The molecule has 1 aromatic carbocycles. The first-order chi connectivity index (χ1) is 12.7. The lowest BCUT2D eigenvalue weighted by atomic mass is 9.92. The highest BCUT2D eigenvalue weighted by molar-refractivity contribution is 7.99. The van der Waals surface area contributed by atoms with E-state index in [2.05, 4.69) is 13.8 Å². The molecule has 3 heteroatoms. The first-order valence-corrected chi connectivity index (χ1v) is 11.6. The summed E-state index contributed by atoms with van der Waals surface area (Å²) in [4.78, 5) is 12.1. The summed E-state index contributed by atoms with van der Waals surface area (Å²) in [5.41, 5.74) is 1.05. The zero-order chi connectivity index (χ0) is 19.0. The lowest BCUT2D eigenvalue weighted by Crippen LogP contribution is -2.17. The molecule has 0 N–H and O–H groups in total. The number of hydrogen-bond donors (Lipinski definition) is 0. The molecule has 0 aliphatic carbocycles. The van der Waals surface area contributed by atoms with E-state index < -0.39 is 0 Å². The van der Waals surface area contributed by atoms with E-state index in [1.807, 2.05) is 49.0 Å². The van der Waals surface area contributed by atoms with Crippen LogP contribution in [-0.4, -0.2) is 17.5 Å². The largest absolute Gasteiger partial charge is 0.461 e. The Morgan fingerprint density at radius 1 is 1.00 bits per heavy atom. The van der Waals surface area contributed by atoms with Crippen molar-refractivity contribution in [2.45, 2.75) is 78.7 Å². The summed E-state index contributed by atoms with van der Waals surface area (Å²) in [6, 6.07) is 9.88. The summed E-state index contributed by atoms with van der Waals surface area (Å²) in [6.45, 7) is 6.94. The lowest BCUT2D eigenvalue weighted by Gasteiger charge is -2.15. The van der Waals surface area contributed by atoms with Crippen LogP contribution in [-0.2, 0) is 16.1 Å². The van der Waals surface area contributed by atoms with Gasteiger partial charge in [0.25, 0.3) is 0 Å². The fourth-order valence-electron chi connectivity index (χ4n) is 3.17. The van der Waals surface area contributed by atoms with Gasteiger partial charge in [-0.05, 0) is 23.7 Å². The van der Waals surface area contributed by atoms with Crippen molar-refractivity contribution in [3.8, 4) is 0 Å². The van der Waals surface area contributed by atoms with Gasteiger partial charge >= 0.3 is 5.97 Å². The van der Waals surface area contributed by atoms with Gasteiger partial charge in [0.1, 0.15) is 6.61 Å². The smallest absolute Gasteiger partial charge is 0.309 e. The van der Waals surface area contributed by atoms with E-state index in [9.17, 15) is 4.79 Å². The van der Waals surface area contributed by atoms with Gasteiger partial charge in [-0.2, -0.15) is 11.8 Å². The highest BCUT2D eigenvalue weighted by Crippen LogP contribution is 2.22. The summed E-state index contributed by atoms with van der Waals surface area (Å²) >= 11 is 1.89. The van der Waals surface area contributed by atoms with Crippen LogP contribution in [0.4, 0.5) is 0 Å². The van der Waals surface area contributed by atoms with Gasteiger partial charge in [-0.1, -0.05) is 96.0 Å². The molecule has 1 rings (SSSR count). The van der Waals surface area contributed by atoms with Crippen LogP contribution in [0.3, 0.4) is 0 Å². The lowest BCUT2D eigenvalue weighted by molar-refractivity contribution is -0.148. The highest BCUT2D eigenvalue weighted by Gasteiger charge is 2.14. The van der Waals surface area contributed by atoms with E-state index in [0.717, 1.165) is 23.0 Å². The minimum absolute atomic E-state index is 0.0268. The van der Waals surface area contributed by atoms with Crippen LogP contribution in [0.1, 0.15) is 77.7 Å². The maximum absolute atomic E-state index is 12.1. The van der Waals surface area contributed by atoms with E-state index in [-0.39, 0.29) is 11.9 Å². The number of ether oxygens (including phenoxy) is 1. The number of rotatable bonds is 15. The molecule has 0 fully saturated rings. The Bertz CT molecular complexity index is 461. The molecule has 0 aliphatic heterocycles. The highest BCUT2D eigenvalue weighted by atomic mass is 32.2. The molecule has 2 atom stereocenters. The molecule has 0 heterocycles. The molecule has 0 amide bonds. The first kappa shape index (κ1) is 23.1. The van der Waals surface area contributed by atoms with Crippen LogP contribution in [0.25, 0.3) is 0 Å². The van der Waals surface area contributed by atoms with Crippen molar-refractivity contribution in [3.05, 3.63) is 35.9 Å². The quantitative estimate of drug-likeness (QED) is 0.246. The number of hydrogen-bond acceptors (Lipinski definition) is 3. The molecular formula is C23H38O2S. The van der Waals surface area contributed by atoms with Crippen LogP contribution >= 0.6 is 11.8 Å². The van der Waals surface area contributed by atoms with Gasteiger partial charge in [-0.3, -0.25) is 4.79 Å². The van der Waals surface area contributed by atoms with E-state index in [0.29, 0.717) is 6.61 Å². The van der Waals surface area contributed by atoms with Crippen LogP contribution in [0.15, 0.2) is 30.3 Å². The molecule has 2 nitrogen and oxygen atoms in total. The number of carbonyl (C=O) groups is 1. The van der Waals surface area contributed by atoms with Crippen molar-refractivity contribution in [1.82, 2.24) is 0 Å². The van der Waals surface area contributed by atoms with E-state index in [1.165, 1.54) is 51.4 Å². The summed E-state index contributed by atoms with van der Waals surface area (Å²) < 4.78 is 5.41. The first-order valence-electron chi connectivity index (χ1n) is 10.5. The normalized spacial score (nSPS) is 13.3. The Morgan fingerprint density at radius 2 is 1.73 bits per heavy atom. The second-order valence-corrected chi connectivity index (χ2v) is 8.51. The molecule has 0 radical (unpaired) electrons. The fourth-order valence-corrected chi connectivity index (χ4v) is 4.23. The predicted molar refractivity (Wildman–Crippen MR) is 115 cm³/mol. The van der Waals surface area contributed by atoms with Crippen molar-refractivity contribution in [2.24, 2.45) is 11.8 Å². The van der Waals surface area contributed by atoms with Crippen molar-refractivity contribution in [1.29, 1.82) is 0 Å². The van der Waals surface area contributed by atoms with Gasteiger partial charge in [0.2, 0.25) is 0 Å². The van der Waals surface area contributed by atoms with Crippen LogP contribution in [0.5, 0.6) is 0 Å². The Balaban J connectivity index is 2.07. The molecule has 0 saturated heterocycles. The van der Waals surface area contributed by atoms with E-state index in [1.54, 1.807) is 0 Å². The van der Waals surface area contributed by atoms with Gasteiger partial charge in [0.05, 0.1) is 5.92 Å². The van der Waals surface area contributed by atoms with Crippen molar-refractivity contribution in [3.63, 3.8) is 0 Å². The van der Waals surface area contributed by atoms with Gasteiger partial charge in [0, 0.05) is 5.75 Å². The molecule has 0 aliphatic rings. The average molecular weight is 379 g/mol. The molecule has 148 valence electrons. The van der Waals surface area contributed by atoms with Crippen molar-refractivity contribution < 1.29 is 9.53 Å². The number of esters is 1. The number of unbranched alkanes of at least 4 members (excludes halogenated alkanes) is 2. The average Bonchev–Trinajstić information content (AvgIpc) is 2.67. The SMILES string of the molecule is CCCCC(CCC)CCCCSCC(C)C(=O)OCc1ccccc1. The Labute approximate surface area is 165 Å². The number of benzene rings is 1. The Morgan fingerprint density at radius 3 is 2.42 bits per heavy atom. The van der Waals surface area contributed by atoms with Gasteiger partial charge in [-0.25, -0.2) is 0 Å². The number of carbonyl (C=O) groups excluding carboxylic acids is 1. The zero-order valence-corrected chi connectivity index (χ0v) is 17.9. The third-order valence-electron chi connectivity index (χ3n) is 4.81. The fraction of sp³-hybridized carbons (Fsp3) is 0.696. The summed E-state index contributed by atoms with van der Waals surface area (Å²) in [5.74, 6) is 2.84. The predicted octanol–water partition coefficient (Wildman–Crippen LogP) is 6.88. The van der Waals surface area contributed by atoms with Crippen LogP contribution in [0, 0.1) is 11.8 Å². The summed E-state index contributed by atoms with van der Waals surface area (Å²) in [7, 11) is 0. The van der Waals surface area contributed by atoms with Crippen molar-refractivity contribution in [2.75, 3.05) is 11.5 Å².